The molecule has 0 bridgehead atoms. The quantitative estimate of drug-likeness (QED) is 0.366. The van der Waals surface area contributed by atoms with Gasteiger partial charge < -0.3 is 14.8 Å². The maximum Gasteiger partial charge on any atom is 0.338 e. The van der Waals surface area contributed by atoms with E-state index in [1.165, 1.54) is 0 Å². The number of halogens is 2. The summed E-state index contributed by atoms with van der Waals surface area (Å²) < 4.78 is 11.8. The summed E-state index contributed by atoms with van der Waals surface area (Å²) in [6.07, 6.45) is 0.711. The third-order valence-corrected chi connectivity index (χ3v) is 5.69. The number of benzene rings is 2. The molecule has 0 atom stereocenters. The Morgan fingerprint density at radius 2 is 1.83 bits per heavy atom. The van der Waals surface area contributed by atoms with Crippen molar-refractivity contribution in [1.82, 2.24) is 0 Å². The molecule has 0 aliphatic rings. The number of anilines is 1. The fraction of sp³-hybridized carbons (Fsp3) is 0.364. The number of hydrogen-bond donors (Lipinski definition) is 1. The molecule has 7 heteroatoms. The van der Waals surface area contributed by atoms with E-state index in [2.05, 4.69) is 21.2 Å². The first kappa shape index (κ1) is 23.2. The number of nitrogens with one attached hydrogen (secondary N) is 1. The first-order valence-electron chi connectivity index (χ1n) is 9.38. The smallest absolute Gasteiger partial charge is 0.338 e. The topological polar surface area (TPSA) is 64.6 Å². The molecule has 156 valence electrons. The second kappa shape index (κ2) is 10.6. The fourth-order valence-corrected chi connectivity index (χ4v) is 3.31. The minimum Gasteiger partial charge on any atom is -0.492 e. The standard InChI is InChI=1S/C22H25BrClNO4/c1-13(2)29-22(27)16-7-9-17(10-8-16)25-19(26)6-5-11-28-18-12-14(3)21(24)15(4)20(18)23/h7-10,12-13H,5-6,11H2,1-4H3,(H,25,26). The molecule has 29 heavy (non-hydrogen) atoms. The van der Waals surface area contributed by atoms with Crippen LogP contribution in [0.25, 0.3) is 0 Å². The molecule has 0 fully saturated rings. The third-order valence-electron chi connectivity index (χ3n) is 4.12. The summed E-state index contributed by atoms with van der Waals surface area (Å²) in [5, 5.41) is 3.53. The van der Waals surface area contributed by atoms with Crippen LogP contribution in [0.4, 0.5) is 5.69 Å². The van der Waals surface area contributed by atoms with E-state index < -0.39 is 0 Å². The Balaban J connectivity index is 1.80. The molecule has 0 unspecified atom stereocenters. The highest BCUT2D eigenvalue weighted by atomic mass is 79.9. The lowest BCUT2D eigenvalue weighted by Crippen LogP contribution is -2.14. The number of esters is 1. The van der Waals surface area contributed by atoms with Gasteiger partial charge in [0.25, 0.3) is 0 Å². The molecular weight excluding hydrogens is 458 g/mol. The number of carbonyl (C=O) groups is 2. The minimum absolute atomic E-state index is 0.117. The van der Waals surface area contributed by atoms with Crippen molar-refractivity contribution in [2.45, 2.75) is 46.6 Å². The Labute approximate surface area is 184 Å². The molecule has 0 spiro atoms. The monoisotopic (exact) mass is 481 g/mol. The van der Waals surface area contributed by atoms with Gasteiger partial charge in [0.2, 0.25) is 5.91 Å². The second-order valence-corrected chi connectivity index (χ2v) is 8.15. The average molecular weight is 483 g/mol. The third kappa shape index (κ3) is 6.75. The van der Waals surface area contributed by atoms with Crippen LogP contribution in [0.5, 0.6) is 5.75 Å². The van der Waals surface area contributed by atoms with E-state index in [9.17, 15) is 9.59 Å². The van der Waals surface area contributed by atoms with E-state index in [0.29, 0.717) is 41.5 Å². The summed E-state index contributed by atoms with van der Waals surface area (Å²) in [5.41, 5.74) is 2.95. The zero-order valence-corrected chi connectivity index (χ0v) is 19.3. The highest BCUT2D eigenvalue weighted by Gasteiger charge is 2.12. The van der Waals surface area contributed by atoms with Gasteiger partial charge in [0.05, 0.1) is 22.7 Å². The zero-order valence-electron chi connectivity index (χ0n) is 17.0. The summed E-state index contributed by atoms with van der Waals surface area (Å²) in [6, 6.07) is 8.51. The van der Waals surface area contributed by atoms with E-state index in [1.807, 2.05) is 19.9 Å². The first-order valence-corrected chi connectivity index (χ1v) is 10.5. The maximum absolute atomic E-state index is 12.1. The van der Waals surface area contributed by atoms with Crippen LogP contribution in [0, 0.1) is 13.8 Å². The fourth-order valence-electron chi connectivity index (χ4n) is 2.62. The molecule has 2 aromatic carbocycles. The van der Waals surface area contributed by atoms with Crippen molar-refractivity contribution in [1.29, 1.82) is 0 Å². The van der Waals surface area contributed by atoms with Gasteiger partial charge in [0.1, 0.15) is 5.75 Å². The van der Waals surface area contributed by atoms with E-state index in [1.54, 1.807) is 38.1 Å². The Bertz CT molecular complexity index is 881. The van der Waals surface area contributed by atoms with Gasteiger partial charge in [-0.25, -0.2) is 4.79 Å². The Kier molecular flexibility index (Phi) is 8.53. The molecule has 0 radical (unpaired) electrons. The first-order chi connectivity index (χ1) is 13.7. The predicted molar refractivity (Wildman–Crippen MR) is 119 cm³/mol. The molecule has 2 aromatic rings. The van der Waals surface area contributed by atoms with Crippen molar-refractivity contribution < 1.29 is 19.1 Å². The summed E-state index contributed by atoms with van der Waals surface area (Å²) in [6.45, 7) is 7.85. The van der Waals surface area contributed by atoms with Gasteiger partial charge in [-0.05, 0) is 91.5 Å². The molecule has 0 saturated carbocycles. The van der Waals surface area contributed by atoms with Crippen molar-refractivity contribution in [2.24, 2.45) is 0 Å². The van der Waals surface area contributed by atoms with Crippen LogP contribution in [0.2, 0.25) is 5.02 Å². The van der Waals surface area contributed by atoms with Gasteiger partial charge >= 0.3 is 5.97 Å². The summed E-state index contributed by atoms with van der Waals surface area (Å²) in [7, 11) is 0. The lowest BCUT2D eigenvalue weighted by Gasteiger charge is -2.13. The maximum atomic E-state index is 12.1. The molecule has 5 nitrogen and oxygen atoms in total. The average Bonchev–Trinajstić information content (AvgIpc) is 2.67. The van der Waals surface area contributed by atoms with Crippen molar-refractivity contribution >= 4 is 45.1 Å². The van der Waals surface area contributed by atoms with Crippen LogP contribution < -0.4 is 10.1 Å². The molecule has 0 aliphatic carbocycles. The van der Waals surface area contributed by atoms with Crippen LogP contribution in [0.3, 0.4) is 0 Å². The second-order valence-electron chi connectivity index (χ2n) is 6.98. The number of aryl methyl sites for hydroxylation is 1. The van der Waals surface area contributed by atoms with Gasteiger partial charge in [-0.2, -0.15) is 0 Å². The van der Waals surface area contributed by atoms with Crippen molar-refractivity contribution in [3.8, 4) is 5.75 Å². The molecule has 1 amide bonds. The lowest BCUT2D eigenvalue weighted by atomic mass is 10.1. The van der Waals surface area contributed by atoms with E-state index in [4.69, 9.17) is 21.1 Å². The lowest BCUT2D eigenvalue weighted by molar-refractivity contribution is -0.116. The van der Waals surface area contributed by atoms with E-state index in [0.717, 1.165) is 15.6 Å². The number of amides is 1. The Hall–Kier alpha value is -2.05. The predicted octanol–water partition coefficient (Wildman–Crippen LogP) is 6.08. The highest BCUT2D eigenvalue weighted by Crippen LogP contribution is 2.35. The molecule has 0 aromatic heterocycles. The zero-order chi connectivity index (χ0) is 21.6. The SMILES string of the molecule is Cc1cc(OCCCC(=O)Nc2ccc(C(=O)OC(C)C)cc2)c(Br)c(C)c1Cl. The summed E-state index contributed by atoms with van der Waals surface area (Å²) in [5.74, 6) is 0.219. The van der Waals surface area contributed by atoms with Gasteiger partial charge in [-0.15, -0.1) is 0 Å². The Morgan fingerprint density at radius 3 is 2.45 bits per heavy atom. The van der Waals surface area contributed by atoms with Gasteiger partial charge in [0, 0.05) is 17.1 Å². The van der Waals surface area contributed by atoms with Crippen LogP contribution in [-0.4, -0.2) is 24.6 Å². The van der Waals surface area contributed by atoms with Gasteiger partial charge in [-0.3, -0.25) is 4.79 Å². The molecule has 0 aliphatic heterocycles. The van der Waals surface area contributed by atoms with Crippen molar-refractivity contribution in [2.75, 3.05) is 11.9 Å². The number of ether oxygens (including phenoxy) is 2. The van der Waals surface area contributed by atoms with Crippen molar-refractivity contribution in [3.63, 3.8) is 0 Å². The molecular formula is C22H25BrClNO4. The summed E-state index contributed by atoms with van der Waals surface area (Å²) >= 11 is 9.72. The van der Waals surface area contributed by atoms with Crippen LogP contribution in [0.15, 0.2) is 34.8 Å². The van der Waals surface area contributed by atoms with Crippen LogP contribution >= 0.6 is 27.5 Å². The molecule has 0 saturated heterocycles. The number of rotatable bonds is 8. The van der Waals surface area contributed by atoms with E-state index >= 15 is 0 Å². The van der Waals surface area contributed by atoms with Crippen molar-refractivity contribution in [3.05, 3.63) is 56.5 Å². The largest absolute Gasteiger partial charge is 0.492 e. The normalized spacial score (nSPS) is 10.7. The minimum atomic E-state index is -0.381. The molecule has 0 heterocycles. The van der Waals surface area contributed by atoms with Gasteiger partial charge in [0.15, 0.2) is 0 Å². The summed E-state index contributed by atoms with van der Waals surface area (Å²) in [4.78, 5) is 24.0. The molecule has 2 rings (SSSR count). The number of carbonyl (C=O) groups excluding carboxylic acids is 2. The number of hydrogen-bond acceptors (Lipinski definition) is 4. The van der Waals surface area contributed by atoms with Gasteiger partial charge in [-0.1, -0.05) is 11.6 Å². The highest BCUT2D eigenvalue weighted by molar-refractivity contribution is 9.10. The van der Waals surface area contributed by atoms with Crippen LogP contribution in [0.1, 0.15) is 48.2 Å². The van der Waals surface area contributed by atoms with Crippen LogP contribution in [-0.2, 0) is 9.53 Å². The Morgan fingerprint density at radius 1 is 1.17 bits per heavy atom. The molecule has 1 N–H and O–H groups in total. The van der Waals surface area contributed by atoms with E-state index in [-0.39, 0.29) is 18.0 Å².